The van der Waals surface area contributed by atoms with E-state index in [0.717, 1.165) is 23.4 Å². The standard InChI is InChI=1S/C16H25BrN2/c1-11-5-4-8-19(13(11)3)16-10-15(17)7-6-14(16)9-12(2)18/h6-7,10-13H,4-5,8-9,18H2,1-3H3. The summed E-state index contributed by atoms with van der Waals surface area (Å²) in [6.45, 7) is 7.95. The summed E-state index contributed by atoms with van der Waals surface area (Å²) >= 11 is 3.61. The fourth-order valence-electron chi connectivity index (χ4n) is 3.00. The topological polar surface area (TPSA) is 29.3 Å². The van der Waals surface area contributed by atoms with Crippen LogP contribution in [0.15, 0.2) is 22.7 Å². The Kier molecular flexibility index (Phi) is 4.91. The van der Waals surface area contributed by atoms with E-state index in [-0.39, 0.29) is 6.04 Å². The molecule has 1 aromatic rings. The molecule has 0 aliphatic carbocycles. The lowest BCUT2D eigenvalue weighted by molar-refractivity contribution is 0.363. The van der Waals surface area contributed by atoms with Gasteiger partial charge in [-0.25, -0.2) is 0 Å². The fourth-order valence-corrected chi connectivity index (χ4v) is 3.35. The molecule has 1 fully saturated rings. The first kappa shape index (κ1) is 14.9. The van der Waals surface area contributed by atoms with Crippen molar-refractivity contribution in [1.82, 2.24) is 0 Å². The number of piperidine rings is 1. The summed E-state index contributed by atoms with van der Waals surface area (Å²) in [7, 11) is 0. The van der Waals surface area contributed by atoms with Crippen LogP contribution < -0.4 is 10.6 Å². The highest BCUT2D eigenvalue weighted by atomic mass is 79.9. The Morgan fingerprint density at radius 2 is 2.16 bits per heavy atom. The van der Waals surface area contributed by atoms with Crippen LogP contribution in [0.25, 0.3) is 0 Å². The summed E-state index contributed by atoms with van der Waals surface area (Å²) in [5, 5.41) is 0. The molecule has 0 spiro atoms. The third kappa shape index (κ3) is 3.51. The summed E-state index contributed by atoms with van der Waals surface area (Å²) in [5.74, 6) is 0.760. The van der Waals surface area contributed by atoms with Crippen LogP contribution >= 0.6 is 15.9 Å². The van der Waals surface area contributed by atoms with E-state index < -0.39 is 0 Å². The molecule has 1 saturated heterocycles. The minimum atomic E-state index is 0.206. The molecule has 0 amide bonds. The highest BCUT2D eigenvalue weighted by molar-refractivity contribution is 9.10. The lowest BCUT2D eigenvalue weighted by Crippen LogP contribution is -2.43. The zero-order valence-corrected chi connectivity index (χ0v) is 13.8. The van der Waals surface area contributed by atoms with E-state index in [1.807, 2.05) is 0 Å². The van der Waals surface area contributed by atoms with E-state index in [1.54, 1.807) is 0 Å². The van der Waals surface area contributed by atoms with E-state index in [1.165, 1.54) is 24.1 Å². The third-order valence-electron chi connectivity index (χ3n) is 4.27. The molecule has 3 heteroatoms. The normalized spacial score (nSPS) is 25.4. The summed E-state index contributed by atoms with van der Waals surface area (Å²) in [5.41, 5.74) is 8.73. The molecule has 2 N–H and O–H groups in total. The molecule has 19 heavy (non-hydrogen) atoms. The van der Waals surface area contributed by atoms with Crippen LogP contribution in [0.3, 0.4) is 0 Å². The van der Waals surface area contributed by atoms with Crippen LogP contribution in [0.5, 0.6) is 0 Å². The Labute approximate surface area is 125 Å². The van der Waals surface area contributed by atoms with Gasteiger partial charge in [-0.05, 0) is 56.7 Å². The number of benzene rings is 1. The lowest BCUT2D eigenvalue weighted by atomic mass is 9.90. The molecule has 1 aliphatic rings. The van der Waals surface area contributed by atoms with Crippen molar-refractivity contribution in [2.45, 2.75) is 52.1 Å². The number of hydrogen-bond acceptors (Lipinski definition) is 2. The van der Waals surface area contributed by atoms with Crippen molar-refractivity contribution in [3.63, 3.8) is 0 Å². The van der Waals surface area contributed by atoms with Crippen LogP contribution in [0.1, 0.15) is 39.2 Å². The predicted octanol–water partition coefficient (Wildman–Crippen LogP) is 3.96. The monoisotopic (exact) mass is 324 g/mol. The molecule has 0 radical (unpaired) electrons. The van der Waals surface area contributed by atoms with Crippen molar-refractivity contribution >= 4 is 21.6 Å². The van der Waals surface area contributed by atoms with Gasteiger partial charge in [0.2, 0.25) is 0 Å². The average molecular weight is 325 g/mol. The summed E-state index contributed by atoms with van der Waals surface area (Å²) in [6, 6.07) is 7.41. The number of nitrogens with two attached hydrogens (primary N) is 1. The first-order valence-electron chi connectivity index (χ1n) is 7.29. The van der Waals surface area contributed by atoms with Gasteiger partial charge in [0.15, 0.2) is 0 Å². The van der Waals surface area contributed by atoms with Crippen molar-refractivity contribution in [3.8, 4) is 0 Å². The van der Waals surface area contributed by atoms with Gasteiger partial charge < -0.3 is 10.6 Å². The van der Waals surface area contributed by atoms with Crippen molar-refractivity contribution in [3.05, 3.63) is 28.2 Å². The molecule has 3 unspecified atom stereocenters. The fraction of sp³-hybridized carbons (Fsp3) is 0.625. The molecular formula is C16H25BrN2. The van der Waals surface area contributed by atoms with Gasteiger partial charge in [-0.2, -0.15) is 0 Å². The van der Waals surface area contributed by atoms with Crippen molar-refractivity contribution in [2.24, 2.45) is 11.7 Å². The minimum absolute atomic E-state index is 0.206. The first-order valence-corrected chi connectivity index (χ1v) is 8.09. The average Bonchev–Trinajstić information content (AvgIpc) is 2.35. The number of rotatable bonds is 3. The number of nitrogens with zero attached hydrogens (tertiary/aromatic N) is 1. The number of hydrogen-bond donors (Lipinski definition) is 1. The summed E-state index contributed by atoms with van der Waals surface area (Å²) in [6.07, 6.45) is 3.57. The molecular weight excluding hydrogens is 300 g/mol. The molecule has 1 aliphatic heterocycles. The van der Waals surface area contributed by atoms with Crippen LogP contribution in [0, 0.1) is 5.92 Å². The minimum Gasteiger partial charge on any atom is -0.368 e. The summed E-state index contributed by atoms with van der Waals surface area (Å²) < 4.78 is 1.15. The zero-order chi connectivity index (χ0) is 14.0. The van der Waals surface area contributed by atoms with Crippen molar-refractivity contribution in [2.75, 3.05) is 11.4 Å². The van der Waals surface area contributed by atoms with Gasteiger partial charge >= 0.3 is 0 Å². The second-order valence-corrected chi connectivity index (χ2v) is 6.92. The second-order valence-electron chi connectivity index (χ2n) is 6.01. The van der Waals surface area contributed by atoms with E-state index in [9.17, 15) is 0 Å². The quantitative estimate of drug-likeness (QED) is 0.911. The molecule has 0 bridgehead atoms. The van der Waals surface area contributed by atoms with Crippen molar-refractivity contribution < 1.29 is 0 Å². The van der Waals surface area contributed by atoms with Gasteiger partial charge in [-0.3, -0.25) is 0 Å². The Balaban J connectivity index is 2.33. The molecule has 2 nitrogen and oxygen atoms in total. The zero-order valence-electron chi connectivity index (χ0n) is 12.2. The van der Waals surface area contributed by atoms with Gasteiger partial charge in [0, 0.05) is 28.8 Å². The maximum atomic E-state index is 5.99. The van der Waals surface area contributed by atoms with Gasteiger partial charge in [0.1, 0.15) is 0 Å². The smallest absolute Gasteiger partial charge is 0.0413 e. The van der Waals surface area contributed by atoms with Crippen LogP contribution in [0.2, 0.25) is 0 Å². The predicted molar refractivity (Wildman–Crippen MR) is 86.7 cm³/mol. The maximum Gasteiger partial charge on any atom is 0.0413 e. The number of halogens is 1. The molecule has 1 heterocycles. The Hall–Kier alpha value is -0.540. The maximum absolute atomic E-state index is 5.99. The van der Waals surface area contributed by atoms with Gasteiger partial charge in [-0.1, -0.05) is 28.9 Å². The number of anilines is 1. The Morgan fingerprint density at radius 3 is 2.84 bits per heavy atom. The van der Waals surface area contributed by atoms with Gasteiger partial charge in [0.25, 0.3) is 0 Å². The van der Waals surface area contributed by atoms with E-state index in [4.69, 9.17) is 5.73 Å². The molecule has 2 rings (SSSR count). The van der Waals surface area contributed by atoms with Crippen LogP contribution in [-0.2, 0) is 6.42 Å². The molecule has 0 saturated carbocycles. The molecule has 3 atom stereocenters. The van der Waals surface area contributed by atoms with Gasteiger partial charge in [-0.15, -0.1) is 0 Å². The molecule has 106 valence electrons. The summed E-state index contributed by atoms with van der Waals surface area (Å²) in [4.78, 5) is 2.57. The Morgan fingerprint density at radius 1 is 1.42 bits per heavy atom. The highest BCUT2D eigenvalue weighted by Gasteiger charge is 2.26. The SMILES string of the molecule is CC(N)Cc1ccc(Br)cc1N1CCCC(C)C1C. The first-order chi connectivity index (χ1) is 8.99. The lowest BCUT2D eigenvalue weighted by Gasteiger charge is -2.41. The third-order valence-corrected chi connectivity index (χ3v) is 4.77. The van der Waals surface area contributed by atoms with Crippen LogP contribution in [-0.4, -0.2) is 18.6 Å². The second kappa shape index (κ2) is 6.27. The van der Waals surface area contributed by atoms with E-state index >= 15 is 0 Å². The van der Waals surface area contributed by atoms with Crippen LogP contribution in [0.4, 0.5) is 5.69 Å². The highest BCUT2D eigenvalue weighted by Crippen LogP contribution is 2.33. The molecule has 0 aromatic heterocycles. The Bertz CT molecular complexity index is 431. The largest absolute Gasteiger partial charge is 0.368 e. The van der Waals surface area contributed by atoms with Crippen molar-refractivity contribution in [1.29, 1.82) is 0 Å². The van der Waals surface area contributed by atoms with Gasteiger partial charge in [0.05, 0.1) is 0 Å². The molecule has 1 aromatic carbocycles. The van der Waals surface area contributed by atoms with E-state index in [2.05, 4.69) is 59.8 Å². The van der Waals surface area contributed by atoms with E-state index in [0.29, 0.717) is 6.04 Å².